The van der Waals surface area contributed by atoms with E-state index in [2.05, 4.69) is 13.8 Å². The summed E-state index contributed by atoms with van der Waals surface area (Å²) in [6.45, 7) is 5.74. The molecule has 0 unspecified atom stereocenters. The van der Waals surface area contributed by atoms with Crippen molar-refractivity contribution in [3.05, 3.63) is 131 Å². The highest BCUT2D eigenvalue weighted by molar-refractivity contribution is 6.01. The molecule has 0 bridgehead atoms. The number of unbranched alkanes of at least 4 members (excludes halogenated alkanes) is 2. The average molecular weight is 943 g/mol. The number of allylic oxidation sites excluding steroid dienone is 1. The molecule has 0 heterocycles. The van der Waals surface area contributed by atoms with Gasteiger partial charge < -0.3 is 40.6 Å². The summed E-state index contributed by atoms with van der Waals surface area (Å²) in [5, 5.41) is 24.5. The van der Waals surface area contributed by atoms with Crippen molar-refractivity contribution < 1.29 is 48.3 Å². The van der Waals surface area contributed by atoms with E-state index in [9.17, 15) is 29.4 Å². The predicted molar refractivity (Wildman–Crippen MR) is 269 cm³/mol. The number of esters is 2. The number of ketones is 2. The normalized spacial score (nSPS) is 18.8. The Morgan fingerprint density at radius 2 is 0.957 bits per heavy atom. The first-order valence-electron chi connectivity index (χ1n) is 24.7. The van der Waals surface area contributed by atoms with E-state index in [0.717, 1.165) is 70.7 Å². The average Bonchev–Trinajstić information content (AvgIpc) is 3.35. The van der Waals surface area contributed by atoms with E-state index >= 15 is 0 Å². The second-order valence-electron chi connectivity index (χ2n) is 18.8. The van der Waals surface area contributed by atoms with Gasteiger partial charge in [-0.2, -0.15) is 0 Å². The third-order valence-electron chi connectivity index (χ3n) is 13.4. The quantitative estimate of drug-likeness (QED) is 0.0130. The lowest BCUT2D eigenvalue weighted by atomic mass is 9.65. The van der Waals surface area contributed by atoms with Crippen LogP contribution in [0.3, 0.4) is 0 Å². The zero-order valence-corrected chi connectivity index (χ0v) is 40.2. The van der Waals surface area contributed by atoms with E-state index in [0.29, 0.717) is 70.8 Å². The lowest BCUT2D eigenvalue weighted by molar-refractivity contribution is -0.230. The van der Waals surface area contributed by atoms with Crippen LogP contribution in [-0.4, -0.2) is 64.9 Å². The van der Waals surface area contributed by atoms with Gasteiger partial charge in [0.05, 0.1) is 24.0 Å². The molecular formula is C57H70N2O10. The first-order valence-corrected chi connectivity index (χ1v) is 24.7. The summed E-state index contributed by atoms with van der Waals surface area (Å²) in [5.74, 6) is -4.78. The zero-order chi connectivity index (χ0) is 49.2. The molecule has 0 amide bonds. The SMILES string of the molecule is CCCCOC1CCC(C(=O)Oc2ccc(/C=C/C(=O)CC(Cc3ccc(N)cc3)(Cc3ccc(N)cc3)C(O)(O)C(=O)/C=C/c3ccc(OC(=O)C4CCC(OCCCC)CC4)cc3)cc2)CC1. The smallest absolute Gasteiger partial charge is 0.314 e. The fraction of sp³-hybridized carbons (Fsp3) is 0.439. The first kappa shape index (κ1) is 52.5. The number of carbonyl (C=O) groups is 4. The Morgan fingerprint density at radius 3 is 1.35 bits per heavy atom. The molecule has 0 aliphatic heterocycles. The van der Waals surface area contributed by atoms with Crippen molar-refractivity contribution in [2.24, 2.45) is 17.3 Å². The second-order valence-corrected chi connectivity index (χ2v) is 18.8. The van der Waals surface area contributed by atoms with Crippen LogP contribution in [0.1, 0.15) is 120 Å². The molecule has 2 fully saturated rings. The number of anilines is 2. The molecule has 2 aliphatic carbocycles. The monoisotopic (exact) mass is 943 g/mol. The number of hydrogen-bond acceptors (Lipinski definition) is 12. The standard InChI is InChI=1S/C57H70N2O10/c1-3-5-35-66-49-30-17-44(18-31-49)54(62)68-51-26-12-40(13-27-51)11-25-48(60)39-56(37-42-7-21-46(58)22-8-42,38-43-9-23-47(59)24-10-43)57(64,65)53(61)34-16-41-14-28-52(29-15-41)69-55(63)45-19-32-50(33-20-45)67-36-6-4-2/h7-16,21-29,34,44-45,49-50,64-65H,3-6,17-20,30-33,35-39,58-59H2,1-2H3/b25-11+,34-16+. The molecule has 12 nitrogen and oxygen atoms in total. The summed E-state index contributed by atoms with van der Waals surface area (Å²) < 4.78 is 23.3. The van der Waals surface area contributed by atoms with Crippen LogP contribution in [0.15, 0.2) is 109 Å². The van der Waals surface area contributed by atoms with Crippen LogP contribution in [0, 0.1) is 17.3 Å². The topological polar surface area (TPSA) is 198 Å². The Bertz CT molecular complexity index is 2280. The lowest BCUT2D eigenvalue weighted by Crippen LogP contribution is -2.57. The van der Waals surface area contributed by atoms with E-state index < -0.39 is 29.2 Å². The van der Waals surface area contributed by atoms with Gasteiger partial charge in [-0.15, -0.1) is 0 Å². The van der Waals surface area contributed by atoms with Gasteiger partial charge in [-0.25, -0.2) is 0 Å². The van der Waals surface area contributed by atoms with Gasteiger partial charge in [-0.05, 0) is 160 Å². The van der Waals surface area contributed by atoms with Crippen molar-refractivity contribution in [1.29, 1.82) is 0 Å². The maximum Gasteiger partial charge on any atom is 0.314 e. The first-order chi connectivity index (χ1) is 33.2. The second kappa shape index (κ2) is 25.6. The number of nitrogen functional groups attached to an aromatic ring is 2. The summed E-state index contributed by atoms with van der Waals surface area (Å²) >= 11 is 0. The van der Waals surface area contributed by atoms with E-state index in [-0.39, 0.29) is 48.8 Å². The molecule has 0 aromatic heterocycles. The summed E-state index contributed by atoms with van der Waals surface area (Å²) in [6, 6.07) is 27.0. The Morgan fingerprint density at radius 1 is 0.565 bits per heavy atom. The van der Waals surface area contributed by atoms with Gasteiger partial charge in [-0.3, -0.25) is 19.2 Å². The van der Waals surface area contributed by atoms with Crippen LogP contribution in [0.4, 0.5) is 11.4 Å². The molecule has 4 aromatic carbocycles. The van der Waals surface area contributed by atoms with Crippen molar-refractivity contribution >= 4 is 47.0 Å². The van der Waals surface area contributed by atoms with Gasteiger partial charge in [0.2, 0.25) is 11.6 Å². The van der Waals surface area contributed by atoms with Crippen LogP contribution in [0.2, 0.25) is 0 Å². The maximum absolute atomic E-state index is 14.2. The highest BCUT2D eigenvalue weighted by Gasteiger charge is 2.54. The van der Waals surface area contributed by atoms with Gasteiger partial charge in [0.25, 0.3) is 0 Å². The number of aliphatic hydroxyl groups is 2. The predicted octanol–water partition coefficient (Wildman–Crippen LogP) is 9.82. The number of benzene rings is 4. The van der Waals surface area contributed by atoms with Crippen molar-refractivity contribution in [2.75, 3.05) is 24.7 Å². The Kier molecular flexibility index (Phi) is 19.5. The van der Waals surface area contributed by atoms with Gasteiger partial charge >= 0.3 is 11.9 Å². The van der Waals surface area contributed by atoms with Crippen LogP contribution < -0.4 is 20.9 Å². The summed E-state index contributed by atoms with van der Waals surface area (Å²) in [7, 11) is 0. The van der Waals surface area contributed by atoms with Crippen molar-refractivity contribution in [3.8, 4) is 11.5 Å². The molecule has 69 heavy (non-hydrogen) atoms. The summed E-state index contributed by atoms with van der Waals surface area (Å²) in [4.78, 5) is 54.4. The summed E-state index contributed by atoms with van der Waals surface area (Å²) in [6.07, 6.45) is 15.5. The lowest BCUT2D eigenvalue weighted by Gasteiger charge is -2.42. The molecular weight excluding hydrogens is 873 g/mol. The summed E-state index contributed by atoms with van der Waals surface area (Å²) in [5.41, 5.74) is 13.6. The van der Waals surface area contributed by atoms with Crippen molar-refractivity contribution in [1.82, 2.24) is 0 Å². The van der Waals surface area contributed by atoms with E-state index in [1.54, 1.807) is 103 Å². The van der Waals surface area contributed by atoms with Crippen molar-refractivity contribution in [3.63, 3.8) is 0 Å². The Hall–Kier alpha value is -5.92. The van der Waals surface area contributed by atoms with Crippen LogP contribution in [0.5, 0.6) is 11.5 Å². The molecule has 368 valence electrons. The fourth-order valence-corrected chi connectivity index (χ4v) is 9.15. The Labute approximate surface area is 407 Å². The molecule has 12 heteroatoms. The molecule has 0 radical (unpaired) electrons. The molecule has 6 N–H and O–H groups in total. The highest BCUT2D eigenvalue weighted by Crippen LogP contribution is 2.43. The van der Waals surface area contributed by atoms with Crippen LogP contribution in [0.25, 0.3) is 12.2 Å². The zero-order valence-electron chi connectivity index (χ0n) is 40.2. The van der Waals surface area contributed by atoms with Gasteiger partial charge in [0, 0.05) is 36.4 Å². The number of ether oxygens (including phenoxy) is 4. The number of carbonyl (C=O) groups excluding carboxylic acids is 4. The van der Waals surface area contributed by atoms with Gasteiger partial charge in [-0.1, -0.05) is 87.4 Å². The molecule has 4 aromatic rings. The number of hydrogen-bond donors (Lipinski definition) is 4. The largest absolute Gasteiger partial charge is 0.426 e. The molecule has 0 spiro atoms. The molecule has 2 saturated carbocycles. The third kappa shape index (κ3) is 15.5. The highest BCUT2D eigenvalue weighted by atomic mass is 16.5. The minimum atomic E-state index is -3.07. The van der Waals surface area contributed by atoms with E-state index in [4.69, 9.17) is 30.4 Å². The molecule has 6 rings (SSSR count). The van der Waals surface area contributed by atoms with E-state index in [1.807, 2.05) is 0 Å². The fourth-order valence-electron chi connectivity index (χ4n) is 9.15. The number of rotatable bonds is 24. The molecule has 0 atom stereocenters. The van der Waals surface area contributed by atoms with Crippen LogP contribution >= 0.6 is 0 Å². The van der Waals surface area contributed by atoms with E-state index in [1.165, 1.54) is 12.2 Å². The molecule has 0 saturated heterocycles. The van der Waals surface area contributed by atoms with Gasteiger partial charge in [0.15, 0.2) is 5.78 Å². The number of nitrogens with two attached hydrogens (primary N) is 2. The minimum Gasteiger partial charge on any atom is -0.426 e. The van der Waals surface area contributed by atoms with Crippen LogP contribution in [-0.2, 0) is 41.5 Å². The third-order valence-corrected chi connectivity index (χ3v) is 13.4. The van der Waals surface area contributed by atoms with Crippen molar-refractivity contribution in [2.45, 2.75) is 128 Å². The molecule has 2 aliphatic rings. The Balaban J connectivity index is 1.15. The maximum atomic E-state index is 14.2. The minimum absolute atomic E-state index is 0.0923. The van der Waals surface area contributed by atoms with Gasteiger partial charge in [0.1, 0.15) is 11.5 Å².